The van der Waals surface area contributed by atoms with Crippen LogP contribution in [0.5, 0.6) is 0 Å². The van der Waals surface area contributed by atoms with Gasteiger partial charge in [0, 0.05) is 31.5 Å². The van der Waals surface area contributed by atoms with Gasteiger partial charge in [-0.05, 0) is 42.5 Å². The second kappa shape index (κ2) is 5.21. The summed E-state index contributed by atoms with van der Waals surface area (Å²) in [6, 6.07) is 9.35. The van der Waals surface area contributed by atoms with E-state index < -0.39 is 0 Å². The van der Waals surface area contributed by atoms with Crippen LogP contribution in [0.4, 0.5) is 11.4 Å². The Bertz CT molecular complexity index is 379. The molecule has 0 amide bonds. The van der Waals surface area contributed by atoms with Gasteiger partial charge in [0.15, 0.2) is 0 Å². The van der Waals surface area contributed by atoms with Crippen LogP contribution in [0.3, 0.4) is 0 Å². The molecule has 1 unspecified atom stereocenters. The van der Waals surface area contributed by atoms with E-state index >= 15 is 0 Å². The van der Waals surface area contributed by atoms with Crippen LogP contribution in [0.15, 0.2) is 24.3 Å². The van der Waals surface area contributed by atoms with Gasteiger partial charge in [0.25, 0.3) is 0 Å². The molecule has 2 heteroatoms. The predicted molar refractivity (Wildman–Crippen MR) is 80.4 cm³/mol. The van der Waals surface area contributed by atoms with Crippen LogP contribution in [-0.4, -0.2) is 20.1 Å². The molecule has 1 fully saturated rings. The highest BCUT2D eigenvalue weighted by molar-refractivity contribution is 5.54. The lowest BCUT2D eigenvalue weighted by molar-refractivity contribution is 0.217. The lowest BCUT2D eigenvalue weighted by atomic mass is 9.73. The first kappa shape index (κ1) is 13.3. The average molecular weight is 246 g/mol. The minimum Gasteiger partial charge on any atom is -0.382 e. The summed E-state index contributed by atoms with van der Waals surface area (Å²) in [6.45, 7) is 4.77. The van der Waals surface area contributed by atoms with Gasteiger partial charge in [-0.25, -0.2) is 0 Å². The maximum absolute atomic E-state index is 3.72. The number of hydrogen-bond acceptors (Lipinski definition) is 2. The quantitative estimate of drug-likeness (QED) is 0.862. The summed E-state index contributed by atoms with van der Waals surface area (Å²) in [5.74, 6) is 0. The highest BCUT2D eigenvalue weighted by Crippen LogP contribution is 2.37. The van der Waals surface area contributed by atoms with Crippen molar-refractivity contribution < 1.29 is 0 Å². The highest BCUT2D eigenvalue weighted by atomic mass is 15.1. The molecule has 1 aliphatic carbocycles. The number of nitrogens with zero attached hydrogens (tertiary/aromatic N) is 1. The van der Waals surface area contributed by atoms with Gasteiger partial charge in [0.1, 0.15) is 0 Å². The fourth-order valence-electron chi connectivity index (χ4n) is 2.82. The molecule has 1 atom stereocenters. The number of nitrogens with one attached hydrogen (secondary N) is 1. The molecule has 0 bridgehead atoms. The Labute approximate surface area is 111 Å². The van der Waals surface area contributed by atoms with Crippen LogP contribution in [0.25, 0.3) is 0 Å². The van der Waals surface area contributed by atoms with Gasteiger partial charge >= 0.3 is 0 Å². The average Bonchev–Trinajstić information content (AvgIpc) is 2.32. The monoisotopic (exact) mass is 246 g/mol. The van der Waals surface area contributed by atoms with Gasteiger partial charge in [0.2, 0.25) is 0 Å². The molecule has 2 rings (SSSR count). The Morgan fingerprint density at radius 2 is 1.78 bits per heavy atom. The van der Waals surface area contributed by atoms with Crippen molar-refractivity contribution in [1.82, 2.24) is 0 Å². The van der Waals surface area contributed by atoms with Gasteiger partial charge in [-0.3, -0.25) is 0 Å². The van der Waals surface area contributed by atoms with Crippen molar-refractivity contribution in [3.8, 4) is 0 Å². The summed E-state index contributed by atoms with van der Waals surface area (Å²) in [6.07, 6.45) is 5.37. The SMILES string of the molecule is CN(C)c1ccc(NC2CCCCC2(C)C)cc1. The Kier molecular flexibility index (Phi) is 3.84. The zero-order valence-corrected chi connectivity index (χ0v) is 12.2. The minimum absolute atomic E-state index is 0.415. The van der Waals surface area contributed by atoms with Gasteiger partial charge in [-0.1, -0.05) is 26.7 Å². The summed E-state index contributed by atoms with van der Waals surface area (Å²) >= 11 is 0. The van der Waals surface area contributed by atoms with Crippen LogP contribution in [0.2, 0.25) is 0 Å². The molecular weight excluding hydrogens is 220 g/mol. The second-order valence-electron chi connectivity index (χ2n) is 6.37. The fraction of sp³-hybridized carbons (Fsp3) is 0.625. The maximum atomic E-state index is 3.72. The third-order valence-electron chi connectivity index (χ3n) is 4.23. The van der Waals surface area contributed by atoms with Crippen molar-refractivity contribution in [1.29, 1.82) is 0 Å². The standard InChI is InChI=1S/C16H26N2/c1-16(2)12-6-5-7-15(16)17-13-8-10-14(11-9-13)18(3)4/h8-11,15,17H,5-7,12H2,1-4H3. The molecule has 1 aliphatic rings. The zero-order chi connectivity index (χ0) is 13.2. The van der Waals surface area contributed by atoms with E-state index in [1.54, 1.807) is 0 Å². The first-order chi connectivity index (χ1) is 8.49. The largest absolute Gasteiger partial charge is 0.382 e. The normalized spacial score (nSPS) is 22.6. The van der Waals surface area contributed by atoms with Gasteiger partial charge in [-0.2, -0.15) is 0 Å². The fourth-order valence-corrected chi connectivity index (χ4v) is 2.82. The number of rotatable bonds is 3. The molecule has 1 saturated carbocycles. The Balaban J connectivity index is 2.04. The lowest BCUT2D eigenvalue weighted by Crippen LogP contribution is -2.38. The highest BCUT2D eigenvalue weighted by Gasteiger charge is 2.31. The molecule has 0 heterocycles. The summed E-state index contributed by atoms with van der Waals surface area (Å²) in [4.78, 5) is 2.13. The maximum Gasteiger partial charge on any atom is 0.0362 e. The molecular formula is C16H26N2. The lowest BCUT2D eigenvalue weighted by Gasteiger charge is -2.39. The molecule has 18 heavy (non-hydrogen) atoms. The van der Waals surface area contributed by atoms with Crippen molar-refractivity contribution in [2.24, 2.45) is 5.41 Å². The molecule has 2 nitrogen and oxygen atoms in total. The smallest absolute Gasteiger partial charge is 0.0362 e. The van der Waals surface area contributed by atoms with E-state index in [9.17, 15) is 0 Å². The van der Waals surface area contributed by atoms with Crippen LogP contribution in [-0.2, 0) is 0 Å². The summed E-state index contributed by atoms with van der Waals surface area (Å²) in [5.41, 5.74) is 2.92. The van der Waals surface area contributed by atoms with E-state index in [0.29, 0.717) is 11.5 Å². The van der Waals surface area contributed by atoms with Gasteiger partial charge in [0.05, 0.1) is 0 Å². The molecule has 0 aliphatic heterocycles. The molecule has 0 spiro atoms. The number of benzene rings is 1. The van der Waals surface area contributed by atoms with Crippen molar-refractivity contribution in [3.63, 3.8) is 0 Å². The number of anilines is 2. The summed E-state index contributed by atoms with van der Waals surface area (Å²) in [7, 11) is 4.15. The molecule has 1 aromatic carbocycles. The minimum atomic E-state index is 0.415. The van der Waals surface area contributed by atoms with E-state index in [1.807, 2.05) is 0 Å². The van der Waals surface area contributed by atoms with Crippen molar-refractivity contribution in [3.05, 3.63) is 24.3 Å². The van der Waals surface area contributed by atoms with Crippen LogP contribution < -0.4 is 10.2 Å². The van der Waals surface area contributed by atoms with E-state index in [2.05, 4.69) is 62.4 Å². The number of hydrogen-bond donors (Lipinski definition) is 1. The third kappa shape index (κ3) is 2.98. The second-order valence-corrected chi connectivity index (χ2v) is 6.37. The van der Waals surface area contributed by atoms with Crippen molar-refractivity contribution in [2.75, 3.05) is 24.3 Å². The van der Waals surface area contributed by atoms with Crippen LogP contribution >= 0.6 is 0 Å². The zero-order valence-electron chi connectivity index (χ0n) is 12.2. The van der Waals surface area contributed by atoms with Gasteiger partial charge < -0.3 is 10.2 Å². The molecule has 100 valence electrons. The molecule has 0 saturated heterocycles. The topological polar surface area (TPSA) is 15.3 Å². The van der Waals surface area contributed by atoms with E-state index in [1.165, 1.54) is 37.1 Å². The molecule has 1 N–H and O–H groups in total. The van der Waals surface area contributed by atoms with E-state index in [4.69, 9.17) is 0 Å². The molecule has 1 aromatic rings. The molecule has 0 radical (unpaired) electrons. The summed E-state index contributed by atoms with van der Waals surface area (Å²) < 4.78 is 0. The first-order valence-corrected chi connectivity index (χ1v) is 7.03. The predicted octanol–water partition coefficient (Wildman–Crippen LogP) is 4.13. The van der Waals surface area contributed by atoms with Gasteiger partial charge in [-0.15, -0.1) is 0 Å². The third-order valence-corrected chi connectivity index (χ3v) is 4.23. The van der Waals surface area contributed by atoms with E-state index in [-0.39, 0.29) is 0 Å². The Morgan fingerprint density at radius 1 is 1.11 bits per heavy atom. The van der Waals surface area contributed by atoms with Crippen molar-refractivity contribution in [2.45, 2.75) is 45.6 Å². The Morgan fingerprint density at radius 3 is 2.33 bits per heavy atom. The van der Waals surface area contributed by atoms with Crippen LogP contribution in [0.1, 0.15) is 39.5 Å². The van der Waals surface area contributed by atoms with Crippen LogP contribution in [0, 0.1) is 5.41 Å². The summed E-state index contributed by atoms with van der Waals surface area (Å²) in [5, 5.41) is 3.72. The van der Waals surface area contributed by atoms with E-state index in [0.717, 1.165) is 0 Å². The van der Waals surface area contributed by atoms with Crippen molar-refractivity contribution >= 4 is 11.4 Å². The Hall–Kier alpha value is -1.18. The first-order valence-electron chi connectivity index (χ1n) is 7.03. The molecule has 0 aromatic heterocycles.